The van der Waals surface area contributed by atoms with Gasteiger partial charge in [0.05, 0.1) is 20.2 Å². The summed E-state index contributed by atoms with van der Waals surface area (Å²) in [4.78, 5) is 10.6. The first-order valence-corrected chi connectivity index (χ1v) is 3.36. The lowest BCUT2D eigenvalue weighted by Gasteiger charge is -1.78. The lowest BCUT2D eigenvalue weighted by molar-refractivity contribution is 1.15. The highest BCUT2D eigenvalue weighted by molar-refractivity contribution is 7.24. The van der Waals surface area contributed by atoms with Crippen LogP contribution in [0.15, 0.2) is 12.1 Å². The molecule has 2 aromatic heterocycles. The normalized spacial score (nSPS) is 11.1. The fourth-order valence-corrected chi connectivity index (χ4v) is 1.12. The summed E-state index contributed by atoms with van der Waals surface area (Å²) in [5.74, 6) is 1.93. The van der Waals surface area contributed by atoms with Crippen LogP contribution in [0.5, 0.6) is 0 Å². The van der Waals surface area contributed by atoms with Crippen LogP contribution >= 0.6 is 8.35 Å². The van der Waals surface area contributed by atoms with Crippen LogP contribution in [0.1, 0.15) is 0 Å². The molecule has 9 heavy (non-hydrogen) atoms. The molecule has 0 radical (unpaired) electrons. The number of hydrogen-bond acceptors (Lipinski definition) is 3. The second kappa shape index (κ2) is 1.74. The zero-order valence-electron chi connectivity index (χ0n) is 4.44. The summed E-state index contributed by atoms with van der Waals surface area (Å²) in [5, 5.41) is 3.79. The number of nitrogens with one attached hydrogen (secondary N) is 1. The highest BCUT2D eigenvalue weighted by Gasteiger charge is 1.92. The number of aromatic nitrogens is 4. The van der Waals surface area contributed by atoms with Gasteiger partial charge in [-0.15, -0.1) is 9.96 Å². The molecule has 44 valence electrons. The fraction of sp³-hybridized carbons (Fsp3) is 0. The van der Waals surface area contributed by atoms with Crippen molar-refractivity contribution in [1.82, 2.24) is 19.9 Å². The average Bonchev–Trinajstić information content (AvgIpc) is 2.33. The first-order valence-electron chi connectivity index (χ1n) is 2.44. The predicted molar refractivity (Wildman–Crippen MR) is 34.2 cm³/mol. The Kier molecular flexibility index (Phi) is 0.932. The summed E-state index contributed by atoms with van der Waals surface area (Å²) in [6.07, 6.45) is 1.61. The van der Waals surface area contributed by atoms with Crippen molar-refractivity contribution in [2.75, 3.05) is 0 Å². The summed E-state index contributed by atoms with van der Waals surface area (Å²) >= 11 is 0. The quantitative estimate of drug-likeness (QED) is 0.589. The number of hydrogen-bond donors (Lipinski definition) is 1. The van der Waals surface area contributed by atoms with Gasteiger partial charge in [0.1, 0.15) is 0 Å². The summed E-state index contributed by atoms with van der Waals surface area (Å²) in [6, 6.07) is 0. The minimum atomic E-state index is 0.689. The van der Waals surface area contributed by atoms with Gasteiger partial charge in [0.25, 0.3) is 0 Å². The van der Waals surface area contributed by atoms with Crippen LogP contribution in [0.25, 0.3) is 11.2 Å². The molecule has 1 N–H and O–H groups in total. The molecule has 2 aromatic rings. The smallest absolute Gasteiger partial charge is 0.200 e. The van der Waals surface area contributed by atoms with Crippen LogP contribution < -0.4 is 0 Å². The van der Waals surface area contributed by atoms with Gasteiger partial charge >= 0.3 is 0 Å². The first-order chi connectivity index (χ1) is 4.47. The van der Waals surface area contributed by atoms with Crippen molar-refractivity contribution >= 4 is 19.5 Å². The number of imidazole rings is 1. The molecular weight excluding hydrogens is 135 g/mol. The summed E-state index contributed by atoms with van der Waals surface area (Å²) < 4.78 is 0. The Hall–Kier alpha value is -1.02. The molecule has 0 aliphatic carbocycles. The molecule has 0 saturated carbocycles. The third kappa shape index (κ3) is 0.678. The van der Waals surface area contributed by atoms with E-state index in [0.29, 0.717) is 5.65 Å². The standard InChI is InChI=1S/C4H3N4P/c1-3-4(6-2-5-3)7-8-9-1/h1-2H,(H,5,6,7). The van der Waals surface area contributed by atoms with Crippen LogP contribution in [0.4, 0.5) is 0 Å². The van der Waals surface area contributed by atoms with E-state index < -0.39 is 0 Å². The molecule has 0 unspecified atom stereocenters. The average molecular weight is 138 g/mol. The number of nitrogens with zero attached hydrogens (tertiary/aromatic N) is 3. The van der Waals surface area contributed by atoms with E-state index >= 15 is 0 Å². The molecule has 0 bridgehead atoms. The van der Waals surface area contributed by atoms with Gasteiger partial charge < -0.3 is 4.98 Å². The highest BCUT2D eigenvalue weighted by Crippen LogP contribution is 2.06. The fourth-order valence-electron chi connectivity index (χ4n) is 0.623. The van der Waals surface area contributed by atoms with Crippen molar-refractivity contribution in [1.29, 1.82) is 0 Å². The van der Waals surface area contributed by atoms with Gasteiger partial charge in [-0.2, -0.15) is 0 Å². The second-order valence-corrected chi connectivity index (χ2v) is 2.24. The van der Waals surface area contributed by atoms with Gasteiger partial charge in [0, 0.05) is 5.80 Å². The van der Waals surface area contributed by atoms with E-state index in [1.807, 2.05) is 5.80 Å². The maximum Gasteiger partial charge on any atom is 0.200 e. The van der Waals surface area contributed by atoms with E-state index in [-0.39, 0.29) is 0 Å². The maximum atomic E-state index is 3.91. The number of fused-ring (bicyclic) bond motifs is 1. The molecule has 2 rings (SSSR count). The van der Waals surface area contributed by atoms with Gasteiger partial charge in [-0.25, -0.2) is 4.98 Å². The van der Waals surface area contributed by atoms with E-state index in [2.05, 4.69) is 19.9 Å². The van der Waals surface area contributed by atoms with Crippen molar-refractivity contribution in [2.45, 2.75) is 0 Å². The lowest BCUT2D eigenvalue weighted by Crippen LogP contribution is -1.74. The van der Waals surface area contributed by atoms with Crippen molar-refractivity contribution in [2.24, 2.45) is 0 Å². The van der Waals surface area contributed by atoms with Crippen molar-refractivity contribution in [3.8, 4) is 0 Å². The minimum Gasteiger partial charge on any atom is -0.343 e. The molecule has 0 saturated heterocycles. The Bertz CT molecular complexity index is 287. The molecule has 2 heterocycles. The highest BCUT2D eigenvalue weighted by atomic mass is 31.0. The third-order valence-corrected chi connectivity index (χ3v) is 1.59. The van der Waals surface area contributed by atoms with Crippen molar-refractivity contribution < 1.29 is 0 Å². The third-order valence-electron chi connectivity index (χ3n) is 1.03. The first kappa shape index (κ1) is 4.82. The molecule has 0 amide bonds. The molecule has 4 nitrogen and oxygen atoms in total. The van der Waals surface area contributed by atoms with Crippen LogP contribution in [0, 0.1) is 0 Å². The molecule has 0 fully saturated rings. The van der Waals surface area contributed by atoms with Crippen LogP contribution in [-0.2, 0) is 0 Å². The zero-order valence-corrected chi connectivity index (χ0v) is 5.34. The van der Waals surface area contributed by atoms with Gasteiger partial charge in [0.15, 0.2) is 5.65 Å². The molecule has 0 aliphatic rings. The predicted octanol–water partition coefficient (Wildman–Crippen LogP) is 0.933. The molecule has 0 aliphatic heterocycles. The molecular formula is C4H3N4P. The SMILES string of the molecule is c1nc2nnpcc2[nH]1. The summed E-state index contributed by atoms with van der Waals surface area (Å²) in [6.45, 7) is 0. The molecule has 5 heteroatoms. The minimum absolute atomic E-state index is 0.689. The molecule has 0 spiro atoms. The zero-order chi connectivity index (χ0) is 6.10. The summed E-state index contributed by atoms with van der Waals surface area (Å²) in [7, 11) is 0.876. The Morgan fingerprint density at radius 1 is 1.56 bits per heavy atom. The molecule has 0 atom stereocenters. The monoisotopic (exact) mass is 138 g/mol. The van der Waals surface area contributed by atoms with Gasteiger partial charge in [-0.1, -0.05) is 0 Å². The lowest BCUT2D eigenvalue weighted by atomic mass is 10.6. The van der Waals surface area contributed by atoms with Gasteiger partial charge in [-0.3, -0.25) is 0 Å². The van der Waals surface area contributed by atoms with E-state index in [9.17, 15) is 0 Å². The largest absolute Gasteiger partial charge is 0.343 e. The summed E-state index contributed by atoms with van der Waals surface area (Å²) in [5.41, 5.74) is 1.65. The molecule has 0 aromatic carbocycles. The number of H-pyrrole nitrogens is 1. The van der Waals surface area contributed by atoms with E-state index in [1.54, 1.807) is 6.33 Å². The van der Waals surface area contributed by atoms with E-state index in [4.69, 9.17) is 0 Å². The Labute approximate surface area is 52.5 Å². The van der Waals surface area contributed by atoms with Crippen LogP contribution in [-0.4, -0.2) is 19.9 Å². The van der Waals surface area contributed by atoms with Crippen molar-refractivity contribution in [3.63, 3.8) is 0 Å². The Morgan fingerprint density at radius 2 is 2.56 bits per heavy atom. The van der Waals surface area contributed by atoms with Gasteiger partial charge in [0.2, 0.25) is 0 Å². The van der Waals surface area contributed by atoms with Gasteiger partial charge in [-0.05, 0) is 0 Å². The van der Waals surface area contributed by atoms with Crippen LogP contribution in [0.3, 0.4) is 0 Å². The number of rotatable bonds is 0. The Balaban J connectivity index is 2.95. The van der Waals surface area contributed by atoms with E-state index in [0.717, 1.165) is 13.9 Å². The Morgan fingerprint density at radius 3 is 3.44 bits per heavy atom. The maximum absolute atomic E-state index is 3.91. The topological polar surface area (TPSA) is 54.5 Å². The second-order valence-electron chi connectivity index (χ2n) is 1.57. The van der Waals surface area contributed by atoms with Crippen LogP contribution in [0.2, 0.25) is 0 Å². The number of aromatic amines is 1. The van der Waals surface area contributed by atoms with E-state index in [1.165, 1.54) is 0 Å². The van der Waals surface area contributed by atoms with Crippen molar-refractivity contribution in [3.05, 3.63) is 12.1 Å².